The topological polar surface area (TPSA) is 51.7 Å². The van der Waals surface area contributed by atoms with Crippen LogP contribution in [0.25, 0.3) is 16.3 Å². The summed E-state index contributed by atoms with van der Waals surface area (Å²) < 4.78 is 49.1. The van der Waals surface area contributed by atoms with Crippen molar-refractivity contribution in [1.82, 2.24) is 4.98 Å². The second kappa shape index (κ2) is 11.3. The molecule has 1 aliphatic rings. The lowest BCUT2D eigenvalue weighted by molar-refractivity contribution is -0.274. The third-order valence-corrected chi connectivity index (χ3v) is 7.58. The summed E-state index contributed by atoms with van der Waals surface area (Å²) in [4.78, 5) is 18.1. The average Bonchev–Trinajstić information content (AvgIpc) is 3.77. The number of anilines is 1. The molecule has 1 saturated carbocycles. The van der Waals surface area contributed by atoms with Crippen LogP contribution in [-0.2, 0) is 11.3 Å². The van der Waals surface area contributed by atoms with E-state index in [1.807, 2.05) is 43.5 Å². The number of fused-ring (bicyclic) bond motifs is 1. The molecule has 9 heteroatoms. The Balaban J connectivity index is 1.56. The van der Waals surface area contributed by atoms with Crippen molar-refractivity contribution in [3.63, 3.8) is 0 Å². The zero-order chi connectivity index (χ0) is 28.4. The number of esters is 1. The number of carbonyl (C=O) groups is 1. The van der Waals surface area contributed by atoms with E-state index in [9.17, 15) is 18.0 Å². The maximum atomic E-state index is 12.7. The van der Waals surface area contributed by atoms with Crippen molar-refractivity contribution < 1.29 is 27.4 Å². The fourth-order valence-electron chi connectivity index (χ4n) is 4.61. The van der Waals surface area contributed by atoms with Crippen molar-refractivity contribution in [1.29, 1.82) is 0 Å². The first-order valence-electron chi connectivity index (χ1n) is 12.7. The molecule has 1 aromatic heterocycles. The number of alkyl halides is 3. The van der Waals surface area contributed by atoms with Crippen LogP contribution in [-0.4, -0.2) is 24.4 Å². The fourth-order valence-corrected chi connectivity index (χ4v) is 5.61. The van der Waals surface area contributed by atoms with E-state index in [1.165, 1.54) is 31.2 Å². The molecule has 0 saturated heterocycles. The maximum Gasteiger partial charge on any atom is 0.573 e. The molecule has 40 heavy (non-hydrogen) atoms. The second-order valence-corrected chi connectivity index (χ2v) is 10.8. The standard InChI is InChI=1S/C31H27F3N2O3S/c1-19(2)27-16-24(14-15-26(27)30(37)38-3)40-36(18-20-8-12-23(13-9-20)39-31(32,33)34)29-28(21-10-11-21)25-7-5-4-6-22(25)17-35-29/h4-9,12-17,21H,1,10-11,18H2,2-3H3. The molecule has 0 unspecified atom stereocenters. The van der Waals surface area contributed by atoms with E-state index in [4.69, 9.17) is 9.72 Å². The maximum absolute atomic E-state index is 12.7. The highest BCUT2D eigenvalue weighted by atomic mass is 32.2. The first kappa shape index (κ1) is 27.6. The lowest BCUT2D eigenvalue weighted by atomic mass is 10.0. The predicted octanol–water partition coefficient (Wildman–Crippen LogP) is 8.54. The van der Waals surface area contributed by atoms with Gasteiger partial charge in [0.1, 0.15) is 11.6 Å². The zero-order valence-electron chi connectivity index (χ0n) is 22.0. The van der Waals surface area contributed by atoms with E-state index >= 15 is 0 Å². The van der Waals surface area contributed by atoms with E-state index in [1.54, 1.807) is 18.2 Å². The minimum absolute atomic E-state index is 0.276. The third-order valence-electron chi connectivity index (χ3n) is 6.59. The molecule has 0 bridgehead atoms. The second-order valence-electron chi connectivity index (χ2n) is 9.66. The van der Waals surface area contributed by atoms with Crippen molar-refractivity contribution in [2.45, 2.75) is 43.5 Å². The van der Waals surface area contributed by atoms with Gasteiger partial charge in [-0.3, -0.25) is 4.31 Å². The number of allylic oxidation sites excluding steroid dienone is 1. The van der Waals surface area contributed by atoms with Gasteiger partial charge >= 0.3 is 12.3 Å². The molecule has 1 aliphatic carbocycles. The Bertz CT molecular complexity index is 1570. The van der Waals surface area contributed by atoms with E-state index < -0.39 is 12.3 Å². The van der Waals surface area contributed by atoms with Gasteiger partial charge in [-0.05, 0) is 84.5 Å². The van der Waals surface area contributed by atoms with E-state index in [-0.39, 0.29) is 5.75 Å². The SMILES string of the molecule is C=C(C)c1cc(SN(Cc2ccc(OC(F)(F)F)cc2)c2ncc3ccccc3c2C2CC2)ccc1C(=O)OC. The fraction of sp³-hybridized carbons (Fsp3) is 0.226. The number of carbonyl (C=O) groups excluding carboxylic acids is 1. The van der Waals surface area contributed by atoms with Gasteiger partial charge in [0.05, 0.1) is 19.2 Å². The number of nitrogens with zero attached hydrogens (tertiary/aromatic N) is 2. The molecule has 3 aromatic carbocycles. The molecule has 5 rings (SSSR count). The molecule has 0 N–H and O–H groups in total. The van der Waals surface area contributed by atoms with Crippen LogP contribution < -0.4 is 9.04 Å². The molecular weight excluding hydrogens is 537 g/mol. The number of benzene rings is 3. The number of ether oxygens (including phenoxy) is 2. The van der Waals surface area contributed by atoms with Crippen LogP contribution >= 0.6 is 11.9 Å². The van der Waals surface area contributed by atoms with Crippen molar-refractivity contribution >= 4 is 40.1 Å². The monoisotopic (exact) mass is 564 g/mol. The quantitative estimate of drug-likeness (QED) is 0.150. The van der Waals surface area contributed by atoms with Crippen LogP contribution in [0.1, 0.15) is 52.7 Å². The number of halogens is 3. The van der Waals surface area contributed by atoms with Crippen molar-refractivity contribution in [3.8, 4) is 5.75 Å². The Labute approximate surface area is 234 Å². The number of methoxy groups -OCH3 is 1. The van der Waals surface area contributed by atoms with Gasteiger partial charge in [-0.15, -0.1) is 13.2 Å². The van der Waals surface area contributed by atoms with E-state index in [2.05, 4.69) is 21.7 Å². The molecule has 1 fully saturated rings. The molecule has 1 heterocycles. The van der Waals surface area contributed by atoms with Gasteiger partial charge < -0.3 is 9.47 Å². The van der Waals surface area contributed by atoms with Crippen molar-refractivity contribution in [3.05, 3.63) is 102 Å². The summed E-state index contributed by atoms with van der Waals surface area (Å²) in [6.45, 7) is 6.22. The normalized spacial score (nSPS) is 13.2. The van der Waals surface area contributed by atoms with Crippen LogP contribution in [0.4, 0.5) is 19.0 Å². The zero-order valence-corrected chi connectivity index (χ0v) is 22.8. The van der Waals surface area contributed by atoms with Crippen LogP contribution in [0.2, 0.25) is 0 Å². The highest BCUT2D eigenvalue weighted by Gasteiger charge is 2.32. The first-order valence-corrected chi connectivity index (χ1v) is 13.5. The summed E-state index contributed by atoms with van der Waals surface area (Å²) in [6, 6.07) is 19.5. The molecule has 0 atom stereocenters. The molecular formula is C31H27F3N2O3S. The molecule has 0 radical (unpaired) electrons. The average molecular weight is 565 g/mol. The van der Waals surface area contributed by atoms with Gasteiger partial charge in [0.15, 0.2) is 0 Å². The third kappa shape index (κ3) is 6.25. The van der Waals surface area contributed by atoms with E-state index in [0.717, 1.165) is 51.0 Å². The Hall–Kier alpha value is -3.98. The Morgan fingerprint density at radius 3 is 2.45 bits per heavy atom. The van der Waals surface area contributed by atoms with Gasteiger partial charge in [-0.2, -0.15) is 0 Å². The van der Waals surface area contributed by atoms with Gasteiger partial charge in [-0.1, -0.05) is 48.6 Å². The molecule has 0 amide bonds. The highest BCUT2D eigenvalue weighted by Crippen LogP contribution is 2.48. The summed E-state index contributed by atoms with van der Waals surface area (Å²) in [5.74, 6) is 0.463. The number of hydrogen-bond donors (Lipinski definition) is 0. The number of pyridine rings is 1. The Kier molecular flexibility index (Phi) is 7.76. The summed E-state index contributed by atoms with van der Waals surface area (Å²) in [5.41, 5.74) is 3.77. The van der Waals surface area contributed by atoms with Crippen LogP contribution in [0.3, 0.4) is 0 Å². The minimum Gasteiger partial charge on any atom is -0.465 e. The summed E-state index contributed by atoms with van der Waals surface area (Å²) in [7, 11) is 1.34. The summed E-state index contributed by atoms with van der Waals surface area (Å²) >= 11 is 1.44. The number of hydrogen-bond acceptors (Lipinski definition) is 6. The molecule has 4 aromatic rings. The summed E-state index contributed by atoms with van der Waals surface area (Å²) in [5, 5.41) is 2.19. The van der Waals surface area contributed by atoms with Gasteiger partial charge in [-0.25, -0.2) is 9.78 Å². The molecule has 0 aliphatic heterocycles. The van der Waals surface area contributed by atoms with Gasteiger partial charge in [0.2, 0.25) is 0 Å². The van der Waals surface area contributed by atoms with Gasteiger partial charge in [0.25, 0.3) is 0 Å². The smallest absolute Gasteiger partial charge is 0.465 e. The first-order chi connectivity index (χ1) is 19.1. The molecule has 5 nitrogen and oxygen atoms in total. The van der Waals surface area contributed by atoms with Crippen molar-refractivity contribution in [2.24, 2.45) is 0 Å². The lowest BCUT2D eigenvalue weighted by Crippen LogP contribution is -2.18. The van der Waals surface area contributed by atoms with E-state index in [0.29, 0.717) is 23.6 Å². The molecule has 206 valence electrons. The molecule has 0 spiro atoms. The van der Waals surface area contributed by atoms with Crippen LogP contribution in [0.15, 0.2) is 84.4 Å². The Morgan fingerprint density at radius 2 is 1.80 bits per heavy atom. The lowest BCUT2D eigenvalue weighted by Gasteiger charge is -2.26. The minimum atomic E-state index is -4.76. The highest BCUT2D eigenvalue weighted by molar-refractivity contribution is 8.00. The summed E-state index contributed by atoms with van der Waals surface area (Å²) in [6.07, 6.45) is -0.768. The van der Waals surface area contributed by atoms with Crippen LogP contribution in [0, 0.1) is 0 Å². The van der Waals surface area contributed by atoms with Crippen molar-refractivity contribution in [2.75, 3.05) is 11.4 Å². The van der Waals surface area contributed by atoms with Gasteiger partial charge in [0, 0.05) is 22.0 Å². The Morgan fingerprint density at radius 1 is 1.07 bits per heavy atom. The van der Waals surface area contributed by atoms with Crippen LogP contribution in [0.5, 0.6) is 5.75 Å². The largest absolute Gasteiger partial charge is 0.573 e. The number of rotatable bonds is 9. The predicted molar refractivity (Wildman–Crippen MR) is 151 cm³/mol. The number of aromatic nitrogens is 1.